The molecule has 7 heteroatoms. The summed E-state index contributed by atoms with van der Waals surface area (Å²) in [6.45, 7) is 1.39. The first kappa shape index (κ1) is 25.3. The Hall–Kier alpha value is -3.32. The molecular formula is C27H31F3N4. The zero-order valence-corrected chi connectivity index (χ0v) is 19.3. The highest BCUT2D eigenvalue weighted by molar-refractivity contribution is 5.76. The number of halogens is 3. The fraction of sp³-hybridized carbons (Fsp3) is 0.296. The fourth-order valence-electron chi connectivity index (χ4n) is 3.90. The van der Waals surface area contributed by atoms with E-state index in [1.54, 1.807) is 0 Å². The van der Waals surface area contributed by atoms with Crippen molar-refractivity contribution in [3.05, 3.63) is 83.4 Å². The van der Waals surface area contributed by atoms with E-state index in [2.05, 4.69) is 10.3 Å². The number of nitrogens with zero attached hydrogens (tertiary/aromatic N) is 1. The lowest BCUT2D eigenvalue weighted by atomic mass is 9.93. The zero-order valence-electron chi connectivity index (χ0n) is 19.3. The van der Waals surface area contributed by atoms with Crippen LogP contribution in [0.2, 0.25) is 0 Å². The van der Waals surface area contributed by atoms with Crippen molar-refractivity contribution in [2.24, 2.45) is 16.5 Å². The van der Waals surface area contributed by atoms with E-state index in [4.69, 9.17) is 11.5 Å². The van der Waals surface area contributed by atoms with Crippen LogP contribution in [0.25, 0.3) is 22.3 Å². The van der Waals surface area contributed by atoms with Crippen molar-refractivity contribution in [1.82, 2.24) is 5.32 Å². The third kappa shape index (κ3) is 7.35. The van der Waals surface area contributed by atoms with Crippen molar-refractivity contribution in [3.8, 4) is 22.3 Å². The molecular weight excluding hydrogens is 437 g/mol. The van der Waals surface area contributed by atoms with Gasteiger partial charge in [0.1, 0.15) is 0 Å². The Labute approximate surface area is 198 Å². The number of hydrogen-bond donors (Lipinski definition) is 3. The molecule has 34 heavy (non-hydrogen) atoms. The van der Waals surface area contributed by atoms with E-state index in [1.165, 1.54) is 12.1 Å². The third-order valence-electron chi connectivity index (χ3n) is 5.59. The van der Waals surface area contributed by atoms with Crippen LogP contribution in [0.4, 0.5) is 13.2 Å². The molecule has 0 radical (unpaired) electrons. The van der Waals surface area contributed by atoms with E-state index in [0.717, 1.165) is 54.5 Å². The third-order valence-corrected chi connectivity index (χ3v) is 5.59. The summed E-state index contributed by atoms with van der Waals surface area (Å²) >= 11 is 0. The second kappa shape index (κ2) is 11.7. The molecule has 3 aromatic rings. The molecule has 0 aromatic heterocycles. The van der Waals surface area contributed by atoms with Crippen LogP contribution < -0.4 is 16.8 Å². The zero-order chi connectivity index (χ0) is 24.6. The highest BCUT2D eigenvalue weighted by Crippen LogP contribution is 2.36. The van der Waals surface area contributed by atoms with Gasteiger partial charge in [0.05, 0.1) is 5.56 Å². The van der Waals surface area contributed by atoms with Crippen LogP contribution in [0.5, 0.6) is 0 Å². The SMILES string of the molecule is CNCCCc1cccc(-c2cc(-c3cccc(CCCN=C(N)N)c3)cc(C(F)(F)F)c2)c1. The van der Waals surface area contributed by atoms with Gasteiger partial charge in [0.15, 0.2) is 5.96 Å². The molecule has 0 unspecified atom stereocenters. The Balaban J connectivity index is 1.94. The molecule has 3 rings (SSSR count). The summed E-state index contributed by atoms with van der Waals surface area (Å²) in [6.07, 6.45) is -1.14. The van der Waals surface area contributed by atoms with Crippen LogP contribution in [0.15, 0.2) is 71.7 Å². The van der Waals surface area contributed by atoms with Gasteiger partial charge in [-0.3, -0.25) is 4.99 Å². The minimum Gasteiger partial charge on any atom is -0.370 e. The number of benzene rings is 3. The van der Waals surface area contributed by atoms with Crippen molar-refractivity contribution < 1.29 is 13.2 Å². The van der Waals surface area contributed by atoms with E-state index < -0.39 is 11.7 Å². The first-order chi connectivity index (χ1) is 16.3. The Kier molecular flexibility index (Phi) is 8.71. The van der Waals surface area contributed by atoms with Gasteiger partial charge in [-0.15, -0.1) is 0 Å². The van der Waals surface area contributed by atoms with Gasteiger partial charge in [0.25, 0.3) is 0 Å². The lowest BCUT2D eigenvalue weighted by Gasteiger charge is -2.14. The van der Waals surface area contributed by atoms with Crippen LogP contribution in [0.3, 0.4) is 0 Å². The highest BCUT2D eigenvalue weighted by Gasteiger charge is 2.31. The normalized spacial score (nSPS) is 11.4. The molecule has 0 saturated carbocycles. The highest BCUT2D eigenvalue weighted by atomic mass is 19.4. The first-order valence-electron chi connectivity index (χ1n) is 11.4. The van der Waals surface area contributed by atoms with Crippen molar-refractivity contribution in [2.75, 3.05) is 20.1 Å². The number of rotatable bonds is 10. The smallest absolute Gasteiger partial charge is 0.370 e. The molecule has 0 saturated heterocycles. The van der Waals surface area contributed by atoms with Gasteiger partial charge >= 0.3 is 6.18 Å². The predicted molar refractivity (Wildman–Crippen MR) is 134 cm³/mol. The molecule has 0 atom stereocenters. The number of nitrogens with one attached hydrogen (secondary N) is 1. The Morgan fingerprint density at radius 3 is 1.85 bits per heavy atom. The maximum absolute atomic E-state index is 13.8. The summed E-state index contributed by atoms with van der Waals surface area (Å²) in [4.78, 5) is 3.98. The van der Waals surface area contributed by atoms with Crippen LogP contribution in [-0.4, -0.2) is 26.1 Å². The van der Waals surface area contributed by atoms with Crippen LogP contribution >= 0.6 is 0 Å². The monoisotopic (exact) mass is 468 g/mol. The van der Waals surface area contributed by atoms with E-state index >= 15 is 0 Å². The largest absolute Gasteiger partial charge is 0.416 e. The molecule has 3 aromatic carbocycles. The second-order valence-electron chi connectivity index (χ2n) is 8.31. The Bertz CT molecular complexity index is 1120. The van der Waals surface area contributed by atoms with Gasteiger partial charge in [-0.25, -0.2) is 0 Å². The summed E-state index contributed by atoms with van der Waals surface area (Å²) in [6, 6.07) is 19.6. The summed E-state index contributed by atoms with van der Waals surface area (Å²) in [5.41, 5.74) is 14.8. The molecule has 180 valence electrons. The molecule has 0 bridgehead atoms. The van der Waals surface area contributed by atoms with Crippen LogP contribution in [-0.2, 0) is 19.0 Å². The van der Waals surface area contributed by atoms with Crippen LogP contribution in [0.1, 0.15) is 29.5 Å². The summed E-state index contributed by atoms with van der Waals surface area (Å²) in [5.74, 6) is 0.0522. The molecule has 0 aliphatic carbocycles. The molecule has 0 fully saturated rings. The number of aryl methyl sites for hydroxylation is 2. The lowest BCUT2D eigenvalue weighted by molar-refractivity contribution is -0.137. The van der Waals surface area contributed by atoms with E-state index in [1.807, 2.05) is 61.6 Å². The maximum atomic E-state index is 13.8. The molecule has 0 heterocycles. The van der Waals surface area contributed by atoms with Crippen molar-refractivity contribution >= 4 is 5.96 Å². The van der Waals surface area contributed by atoms with Crippen molar-refractivity contribution in [3.63, 3.8) is 0 Å². The summed E-state index contributed by atoms with van der Waals surface area (Å²) in [5, 5.41) is 3.12. The van der Waals surface area contributed by atoms with E-state index in [-0.39, 0.29) is 5.96 Å². The first-order valence-corrected chi connectivity index (χ1v) is 11.4. The van der Waals surface area contributed by atoms with Gasteiger partial charge in [-0.1, -0.05) is 48.5 Å². The number of hydrogen-bond acceptors (Lipinski definition) is 2. The summed E-state index contributed by atoms with van der Waals surface area (Å²) in [7, 11) is 1.90. The number of nitrogens with two attached hydrogens (primary N) is 2. The predicted octanol–water partition coefficient (Wildman–Crippen LogP) is 5.40. The quantitative estimate of drug-likeness (QED) is 0.212. The topological polar surface area (TPSA) is 76.4 Å². The minimum absolute atomic E-state index is 0.0522. The molecule has 0 spiro atoms. The fourth-order valence-corrected chi connectivity index (χ4v) is 3.90. The van der Waals surface area contributed by atoms with E-state index in [9.17, 15) is 13.2 Å². The van der Waals surface area contributed by atoms with Gasteiger partial charge in [0.2, 0.25) is 0 Å². The molecule has 0 aliphatic heterocycles. The molecule has 0 aliphatic rings. The van der Waals surface area contributed by atoms with Gasteiger partial charge in [-0.2, -0.15) is 13.2 Å². The Morgan fingerprint density at radius 2 is 1.35 bits per heavy atom. The van der Waals surface area contributed by atoms with Gasteiger partial charge in [-0.05, 0) is 90.9 Å². The number of guanidine groups is 1. The average molecular weight is 469 g/mol. The van der Waals surface area contributed by atoms with Gasteiger partial charge in [0, 0.05) is 6.54 Å². The maximum Gasteiger partial charge on any atom is 0.416 e. The van der Waals surface area contributed by atoms with Crippen LogP contribution in [0, 0.1) is 0 Å². The van der Waals surface area contributed by atoms with Crippen molar-refractivity contribution in [2.45, 2.75) is 31.9 Å². The minimum atomic E-state index is -4.44. The number of alkyl halides is 3. The second-order valence-corrected chi connectivity index (χ2v) is 8.31. The average Bonchev–Trinajstić information content (AvgIpc) is 2.81. The number of aliphatic imine (C=N–C) groups is 1. The standard InChI is InChI=1S/C27H31F3N4/c1-33-12-4-8-19-6-2-10-21(14-19)23-16-24(18-25(17-23)27(28,29)30)22-11-3-7-20(15-22)9-5-13-34-26(31)32/h2-3,6-7,10-11,14-18,33H,4-5,8-9,12-13H2,1H3,(H4,31,32,34). The Morgan fingerprint density at radius 1 is 0.794 bits per heavy atom. The van der Waals surface area contributed by atoms with Gasteiger partial charge < -0.3 is 16.8 Å². The van der Waals surface area contributed by atoms with Crippen molar-refractivity contribution in [1.29, 1.82) is 0 Å². The lowest BCUT2D eigenvalue weighted by Crippen LogP contribution is -2.23. The molecule has 4 nitrogen and oxygen atoms in total. The summed E-state index contributed by atoms with van der Waals surface area (Å²) < 4.78 is 41.3. The van der Waals surface area contributed by atoms with E-state index in [0.29, 0.717) is 17.7 Å². The molecule has 5 N–H and O–H groups in total. The molecule has 0 amide bonds.